The quantitative estimate of drug-likeness (QED) is 0.349. The number of hydrogen-bond donors (Lipinski definition) is 3. The van der Waals surface area contributed by atoms with E-state index in [-0.39, 0.29) is 5.76 Å². The van der Waals surface area contributed by atoms with E-state index in [1.54, 1.807) is 36.4 Å². The molecule has 0 spiro atoms. The molecule has 1 saturated carbocycles. The highest BCUT2D eigenvalue weighted by Crippen LogP contribution is 2.43. The van der Waals surface area contributed by atoms with E-state index in [1.807, 2.05) is 0 Å². The van der Waals surface area contributed by atoms with Gasteiger partial charge >= 0.3 is 6.61 Å². The molecule has 0 aliphatic heterocycles. The molecule has 8 nitrogen and oxygen atoms in total. The number of ether oxygens (including phenoxy) is 1. The van der Waals surface area contributed by atoms with Crippen molar-refractivity contribution in [2.75, 3.05) is 16.3 Å². The Balaban J connectivity index is 1.79. The second-order valence-corrected chi connectivity index (χ2v) is 9.34. The van der Waals surface area contributed by atoms with Crippen molar-refractivity contribution in [2.24, 2.45) is 5.73 Å². The SMILES string of the molecule is C=C(/C(=C\C=C/N)OC(F)F)C1(Nc2ccc(-c3cccc(NS(C)(=O)=O)c3)nn2)CCC1. The van der Waals surface area contributed by atoms with Gasteiger partial charge in [-0.15, -0.1) is 10.2 Å². The summed E-state index contributed by atoms with van der Waals surface area (Å²) in [7, 11) is -3.41. The van der Waals surface area contributed by atoms with Crippen molar-refractivity contribution in [1.82, 2.24) is 10.2 Å². The third-order valence-corrected chi connectivity index (χ3v) is 5.76. The minimum atomic E-state index is -3.41. The number of nitrogens with two attached hydrogens (primary N) is 1. The van der Waals surface area contributed by atoms with Crippen LogP contribution in [-0.4, -0.2) is 37.0 Å². The second-order valence-electron chi connectivity index (χ2n) is 7.59. The third kappa shape index (κ3) is 6.28. The molecule has 0 atom stereocenters. The van der Waals surface area contributed by atoms with E-state index in [1.165, 1.54) is 18.4 Å². The number of sulfonamides is 1. The Hall–Kier alpha value is -3.47. The number of aromatic nitrogens is 2. The molecule has 0 amide bonds. The highest BCUT2D eigenvalue weighted by atomic mass is 32.2. The topological polar surface area (TPSA) is 119 Å². The first-order valence-electron chi connectivity index (χ1n) is 10.1. The summed E-state index contributed by atoms with van der Waals surface area (Å²) in [6, 6.07) is 10.2. The molecular formula is C22H25F2N5O3S. The number of hydrogen-bond acceptors (Lipinski definition) is 7. The first-order valence-corrected chi connectivity index (χ1v) is 11.9. The summed E-state index contributed by atoms with van der Waals surface area (Å²) in [4.78, 5) is 0. The van der Waals surface area contributed by atoms with Crippen LogP contribution < -0.4 is 15.8 Å². The summed E-state index contributed by atoms with van der Waals surface area (Å²) < 4.78 is 55.8. The average Bonchev–Trinajstić information content (AvgIpc) is 2.72. The van der Waals surface area contributed by atoms with Crippen LogP contribution in [0.15, 0.2) is 72.7 Å². The van der Waals surface area contributed by atoms with Gasteiger partial charge in [-0.1, -0.05) is 18.7 Å². The van der Waals surface area contributed by atoms with Crippen molar-refractivity contribution in [1.29, 1.82) is 0 Å². The number of rotatable bonds is 10. The summed E-state index contributed by atoms with van der Waals surface area (Å²) in [6.45, 7) is 0.990. The van der Waals surface area contributed by atoms with Crippen molar-refractivity contribution in [3.05, 3.63) is 72.7 Å². The zero-order valence-electron chi connectivity index (χ0n) is 18.0. The maximum atomic E-state index is 12.9. The second kappa shape index (κ2) is 9.99. The lowest BCUT2D eigenvalue weighted by molar-refractivity contribution is -0.0946. The minimum Gasteiger partial charge on any atom is -0.434 e. The zero-order chi connectivity index (χ0) is 24.1. The van der Waals surface area contributed by atoms with Crippen LogP contribution in [0, 0.1) is 0 Å². The zero-order valence-corrected chi connectivity index (χ0v) is 18.8. The van der Waals surface area contributed by atoms with Gasteiger partial charge in [-0.25, -0.2) is 8.42 Å². The van der Waals surface area contributed by atoms with Gasteiger partial charge in [-0.05, 0) is 61.9 Å². The Labute approximate surface area is 191 Å². The molecule has 11 heteroatoms. The van der Waals surface area contributed by atoms with E-state index in [4.69, 9.17) is 5.73 Å². The van der Waals surface area contributed by atoms with Crippen molar-refractivity contribution < 1.29 is 21.9 Å². The summed E-state index contributed by atoms with van der Waals surface area (Å²) in [6.07, 6.45) is 7.23. The average molecular weight is 478 g/mol. The number of halogens is 2. The van der Waals surface area contributed by atoms with Crippen LogP contribution in [0.5, 0.6) is 0 Å². The fraction of sp³-hybridized carbons (Fsp3) is 0.273. The smallest absolute Gasteiger partial charge is 0.387 e. The van der Waals surface area contributed by atoms with Crippen LogP contribution in [0.25, 0.3) is 11.3 Å². The summed E-state index contributed by atoms with van der Waals surface area (Å²) >= 11 is 0. The molecule has 1 fully saturated rings. The number of nitrogens with one attached hydrogen (secondary N) is 2. The molecule has 1 aliphatic rings. The van der Waals surface area contributed by atoms with Gasteiger partial charge in [0.25, 0.3) is 0 Å². The lowest BCUT2D eigenvalue weighted by atomic mass is 9.71. The molecule has 1 aromatic heterocycles. The fourth-order valence-electron chi connectivity index (χ4n) is 3.47. The molecule has 1 aliphatic carbocycles. The lowest BCUT2D eigenvalue weighted by Crippen LogP contribution is -2.47. The fourth-order valence-corrected chi connectivity index (χ4v) is 4.03. The monoisotopic (exact) mass is 477 g/mol. The Morgan fingerprint density at radius 2 is 2.03 bits per heavy atom. The maximum absolute atomic E-state index is 12.9. The highest BCUT2D eigenvalue weighted by Gasteiger charge is 2.42. The van der Waals surface area contributed by atoms with E-state index in [0.717, 1.165) is 12.7 Å². The molecule has 0 saturated heterocycles. The van der Waals surface area contributed by atoms with E-state index in [2.05, 4.69) is 31.6 Å². The number of allylic oxidation sites excluding steroid dienone is 2. The van der Waals surface area contributed by atoms with E-state index in [9.17, 15) is 17.2 Å². The van der Waals surface area contributed by atoms with Crippen LogP contribution >= 0.6 is 0 Å². The normalized spacial score (nSPS) is 15.8. The molecule has 4 N–H and O–H groups in total. The summed E-state index contributed by atoms with van der Waals surface area (Å²) in [5.41, 5.74) is 6.62. The van der Waals surface area contributed by atoms with Crippen LogP contribution in [-0.2, 0) is 14.8 Å². The van der Waals surface area contributed by atoms with Crippen LogP contribution in [0.1, 0.15) is 19.3 Å². The molecule has 3 rings (SSSR count). The molecule has 0 unspecified atom stereocenters. The van der Waals surface area contributed by atoms with Crippen molar-refractivity contribution in [3.8, 4) is 11.3 Å². The first kappa shape index (κ1) is 24.2. The van der Waals surface area contributed by atoms with Gasteiger partial charge in [0.15, 0.2) is 0 Å². The third-order valence-electron chi connectivity index (χ3n) is 5.15. The molecule has 1 aromatic carbocycles. The molecule has 1 heterocycles. The Bertz CT molecular complexity index is 1160. The van der Waals surface area contributed by atoms with Gasteiger partial charge in [0, 0.05) is 16.8 Å². The van der Waals surface area contributed by atoms with E-state index < -0.39 is 22.2 Å². The van der Waals surface area contributed by atoms with Gasteiger partial charge < -0.3 is 15.8 Å². The van der Waals surface area contributed by atoms with Gasteiger partial charge in [-0.3, -0.25) is 4.72 Å². The standard InChI is InChI=1S/C22H25F2N5O3S/c1-15(19(8-4-13-25)32-21(23)24)22(11-5-12-22)26-20-10-9-18(27-28-20)16-6-3-7-17(14-16)29-33(2,30)31/h3-4,6-10,13-14,21,29H,1,5,11-12,25H2,2H3,(H,26,28)/b13-4-,19-8+. The van der Waals surface area contributed by atoms with Crippen LogP contribution in [0.4, 0.5) is 20.3 Å². The maximum Gasteiger partial charge on any atom is 0.387 e. The minimum absolute atomic E-state index is 0.0568. The lowest BCUT2D eigenvalue weighted by Gasteiger charge is -2.44. The number of alkyl halides is 2. The highest BCUT2D eigenvalue weighted by molar-refractivity contribution is 7.92. The molecule has 176 valence electrons. The molecule has 2 aromatic rings. The van der Waals surface area contributed by atoms with Crippen molar-refractivity contribution in [2.45, 2.75) is 31.4 Å². The first-order chi connectivity index (χ1) is 15.6. The Morgan fingerprint density at radius 1 is 1.27 bits per heavy atom. The van der Waals surface area contributed by atoms with Crippen molar-refractivity contribution >= 4 is 21.5 Å². The Kier molecular flexibility index (Phi) is 7.32. The molecule has 0 radical (unpaired) electrons. The van der Waals surface area contributed by atoms with Crippen molar-refractivity contribution in [3.63, 3.8) is 0 Å². The number of benzene rings is 1. The molecular weight excluding hydrogens is 452 g/mol. The van der Waals surface area contributed by atoms with Crippen LogP contribution in [0.2, 0.25) is 0 Å². The predicted molar refractivity (Wildman–Crippen MR) is 124 cm³/mol. The van der Waals surface area contributed by atoms with Crippen LogP contribution in [0.3, 0.4) is 0 Å². The molecule has 0 bridgehead atoms. The predicted octanol–water partition coefficient (Wildman–Crippen LogP) is 4.00. The van der Waals surface area contributed by atoms with E-state index in [0.29, 0.717) is 41.2 Å². The summed E-state index contributed by atoms with van der Waals surface area (Å²) in [5.74, 6) is 0.384. The van der Waals surface area contributed by atoms with Gasteiger partial charge in [-0.2, -0.15) is 8.78 Å². The van der Waals surface area contributed by atoms with E-state index >= 15 is 0 Å². The number of nitrogens with zero attached hydrogens (tertiary/aromatic N) is 2. The Morgan fingerprint density at radius 3 is 2.58 bits per heavy atom. The van der Waals surface area contributed by atoms with Gasteiger partial charge in [0.2, 0.25) is 10.0 Å². The summed E-state index contributed by atoms with van der Waals surface area (Å²) in [5, 5.41) is 11.7. The van der Waals surface area contributed by atoms with Gasteiger partial charge in [0.05, 0.1) is 17.5 Å². The number of anilines is 2. The van der Waals surface area contributed by atoms with Gasteiger partial charge in [0.1, 0.15) is 11.6 Å². The largest absolute Gasteiger partial charge is 0.434 e. The molecule has 33 heavy (non-hydrogen) atoms.